The minimum absolute atomic E-state index is 0.126. The van der Waals surface area contributed by atoms with Gasteiger partial charge in [0.25, 0.3) is 0 Å². The molecular formula is C27H33NO4S. The summed E-state index contributed by atoms with van der Waals surface area (Å²) in [7, 11) is 1.36. The number of aliphatic hydroxyl groups is 1. The Morgan fingerprint density at radius 3 is 2.79 bits per heavy atom. The molecule has 176 valence electrons. The number of carbonyl (C=O) groups is 2. The molecule has 0 spiro atoms. The monoisotopic (exact) mass is 467 g/mol. The number of likely N-dealkylation sites (tertiary alicyclic amines) is 1. The van der Waals surface area contributed by atoms with Gasteiger partial charge in [-0.25, -0.2) is 4.79 Å². The van der Waals surface area contributed by atoms with Gasteiger partial charge in [-0.2, -0.15) is 0 Å². The van der Waals surface area contributed by atoms with E-state index in [9.17, 15) is 14.7 Å². The first-order chi connectivity index (χ1) is 16.0. The lowest BCUT2D eigenvalue weighted by Gasteiger charge is -2.25. The van der Waals surface area contributed by atoms with Crippen LogP contribution in [0, 0.1) is 17.8 Å². The molecule has 0 saturated carbocycles. The summed E-state index contributed by atoms with van der Waals surface area (Å²) in [5.74, 6) is 6.13. The Kier molecular flexibility index (Phi) is 9.53. The van der Waals surface area contributed by atoms with Crippen molar-refractivity contribution in [2.45, 2.75) is 64.0 Å². The van der Waals surface area contributed by atoms with Crippen LogP contribution in [0.1, 0.15) is 65.6 Å². The number of ether oxygens (including phenoxy) is 1. The average molecular weight is 468 g/mol. The number of rotatable bonds is 10. The summed E-state index contributed by atoms with van der Waals surface area (Å²) in [5, 5.41) is 10.7. The number of hydrogen-bond donors (Lipinski definition) is 1. The fraction of sp³-hybridized carbons (Fsp3) is 0.481. The number of carbonyl (C=O) groups excluding carboxylic acids is 2. The van der Waals surface area contributed by atoms with Gasteiger partial charge < -0.3 is 14.7 Å². The molecular weight excluding hydrogens is 434 g/mol. The van der Waals surface area contributed by atoms with Gasteiger partial charge in [-0.05, 0) is 62.1 Å². The molecule has 3 rings (SSSR count). The Morgan fingerprint density at radius 2 is 2.03 bits per heavy atom. The summed E-state index contributed by atoms with van der Waals surface area (Å²) < 4.78 is 4.72. The maximum absolute atomic E-state index is 12.4. The van der Waals surface area contributed by atoms with Crippen LogP contribution in [0.25, 0.3) is 0 Å². The van der Waals surface area contributed by atoms with Gasteiger partial charge in [-0.1, -0.05) is 49.1 Å². The number of amides is 1. The Morgan fingerprint density at radius 1 is 1.24 bits per heavy atom. The predicted molar refractivity (Wildman–Crippen MR) is 131 cm³/mol. The van der Waals surface area contributed by atoms with Gasteiger partial charge >= 0.3 is 5.97 Å². The van der Waals surface area contributed by atoms with Gasteiger partial charge in [-0.3, -0.25) is 4.79 Å². The van der Waals surface area contributed by atoms with Gasteiger partial charge in [0.15, 0.2) is 0 Å². The highest BCUT2D eigenvalue weighted by molar-refractivity contribution is 7.14. The number of thiophene rings is 1. The molecule has 6 heteroatoms. The molecule has 1 fully saturated rings. The van der Waals surface area contributed by atoms with Crippen LogP contribution in [0.5, 0.6) is 0 Å². The molecule has 1 amide bonds. The van der Waals surface area contributed by atoms with Crippen LogP contribution in [0.2, 0.25) is 0 Å². The van der Waals surface area contributed by atoms with Crippen molar-refractivity contribution in [3.8, 4) is 11.8 Å². The van der Waals surface area contributed by atoms with Crippen molar-refractivity contribution in [3.63, 3.8) is 0 Å². The molecule has 1 aliphatic rings. The van der Waals surface area contributed by atoms with E-state index < -0.39 is 0 Å². The van der Waals surface area contributed by atoms with E-state index in [1.165, 1.54) is 24.0 Å². The molecule has 2 aromatic rings. The SMILES string of the molecule is COC(=O)c1ccc(C#CCN2C(=O)CCC2CC[C@@H](O)[C@@H](C)CCCc2ccccc2)s1. The first-order valence-electron chi connectivity index (χ1n) is 11.7. The molecule has 0 bridgehead atoms. The topological polar surface area (TPSA) is 66.8 Å². The second-order valence-corrected chi connectivity index (χ2v) is 9.75. The molecule has 0 radical (unpaired) electrons. The maximum Gasteiger partial charge on any atom is 0.348 e. The average Bonchev–Trinajstić information content (AvgIpc) is 3.44. The third kappa shape index (κ3) is 7.45. The van der Waals surface area contributed by atoms with E-state index in [-0.39, 0.29) is 29.9 Å². The Labute approximate surface area is 200 Å². The maximum atomic E-state index is 12.4. The van der Waals surface area contributed by atoms with Gasteiger partial charge in [0.1, 0.15) is 4.88 Å². The highest BCUT2D eigenvalue weighted by Gasteiger charge is 2.30. The third-order valence-electron chi connectivity index (χ3n) is 6.33. The van der Waals surface area contributed by atoms with E-state index in [0.717, 1.165) is 37.0 Å². The lowest BCUT2D eigenvalue weighted by molar-refractivity contribution is -0.128. The van der Waals surface area contributed by atoms with Crippen LogP contribution in [-0.4, -0.2) is 47.7 Å². The van der Waals surface area contributed by atoms with Crippen molar-refractivity contribution in [1.82, 2.24) is 4.90 Å². The Hall–Kier alpha value is -2.62. The van der Waals surface area contributed by atoms with Crippen molar-refractivity contribution in [2.75, 3.05) is 13.7 Å². The number of nitrogens with zero attached hydrogens (tertiary/aromatic N) is 1. The van der Waals surface area contributed by atoms with Gasteiger partial charge in [0.05, 0.1) is 24.6 Å². The van der Waals surface area contributed by atoms with Gasteiger partial charge in [0, 0.05) is 12.5 Å². The fourth-order valence-electron chi connectivity index (χ4n) is 4.25. The normalized spacial score (nSPS) is 17.4. The summed E-state index contributed by atoms with van der Waals surface area (Å²) in [5.41, 5.74) is 1.34. The second kappa shape index (κ2) is 12.6. The Bertz CT molecular complexity index is 975. The van der Waals surface area contributed by atoms with Crippen LogP contribution < -0.4 is 0 Å². The van der Waals surface area contributed by atoms with Crippen LogP contribution >= 0.6 is 11.3 Å². The molecule has 0 aliphatic carbocycles. The predicted octanol–water partition coefficient (Wildman–Crippen LogP) is 4.68. The smallest absolute Gasteiger partial charge is 0.348 e. The molecule has 3 atom stereocenters. The summed E-state index contributed by atoms with van der Waals surface area (Å²) >= 11 is 1.29. The van der Waals surface area contributed by atoms with Gasteiger partial charge in [-0.15, -0.1) is 11.3 Å². The first-order valence-corrected chi connectivity index (χ1v) is 12.5. The molecule has 1 saturated heterocycles. The summed E-state index contributed by atoms with van der Waals surface area (Å²) in [6.07, 6.45) is 5.59. The van der Waals surface area contributed by atoms with E-state index in [1.54, 1.807) is 12.1 Å². The second-order valence-electron chi connectivity index (χ2n) is 8.67. The Balaban J connectivity index is 1.43. The highest BCUT2D eigenvalue weighted by atomic mass is 32.1. The molecule has 1 N–H and O–H groups in total. The minimum Gasteiger partial charge on any atom is -0.465 e. The molecule has 1 unspecified atom stereocenters. The van der Waals surface area contributed by atoms with E-state index in [1.807, 2.05) is 11.0 Å². The molecule has 1 aromatic carbocycles. The number of methoxy groups -OCH3 is 1. The quantitative estimate of drug-likeness (QED) is 0.407. The number of benzene rings is 1. The standard InChI is InChI=1S/C27H33NO4S/c1-20(8-6-11-21-9-4-3-5-10-21)24(29)16-13-22-14-18-26(30)28(22)19-7-12-23-15-17-25(33-23)27(31)32-2/h3-5,9-10,15,17,20,22,24,29H,6,8,11,13-14,16,18-19H2,1-2H3/t20-,22?,24+/m0/s1. The third-order valence-corrected chi connectivity index (χ3v) is 7.31. The highest BCUT2D eigenvalue weighted by Crippen LogP contribution is 2.25. The van der Waals surface area contributed by atoms with Crippen molar-refractivity contribution in [1.29, 1.82) is 0 Å². The molecule has 33 heavy (non-hydrogen) atoms. The zero-order valence-corrected chi connectivity index (χ0v) is 20.3. The van der Waals surface area contributed by atoms with Crippen molar-refractivity contribution in [2.24, 2.45) is 5.92 Å². The summed E-state index contributed by atoms with van der Waals surface area (Å²) in [4.78, 5) is 27.0. The largest absolute Gasteiger partial charge is 0.465 e. The summed E-state index contributed by atoms with van der Waals surface area (Å²) in [6.45, 7) is 2.49. The lowest BCUT2D eigenvalue weighted by atomic mass is 9.92. The van der Waals surface area contributed by atoms with Crippen molar-refractivity contribution < 1.29 is 19.4 Å². The first kappa shape index (κ1) is 25.0. The lowest BCUT2D eigenvalue weighted by Crippen LogP contribution is -2.34. The minimum atomic E-state index is -0.365. The van der Waals surface area contributed by atoms with Gasteiger partial charge in [0.2, 0.25) is 5.91 Å². The van der Waals surface area contributed by atoms with E-state index in [0.29, 0.717) is 24.3 Å². The molecule has 5 nitrogen and oxygen atoms in total. The fourth-order valence-corrected chi connectivity index (χ4v) is 5.05. The number of aryl methyl sites for hydroxylation is 1. The zero-order valence-electron chi connectivity index (χ0n) is 19.5. The zero-order chi connectivity index (χ0) is 23.6. The van der Waals surface area contributed by atoms with Crippen LogP contribution in [0.4, 0.5) is 0 Å². The molecule has 1 aliphatic heterocycles. The van der Waals surface area contributed by atoms with Crippen molar-refractivity contribution in [3.05, 3.63) is 57.8 Å². The van der Waals surface area contributed by atoms with Crippen LogP contribution in [0.3, 0.4) is 0 Å². The number of aliphatic hydroxyl groups excluding tert-OH is 1. The van der Waals surface area contributed by atoms with Crippen LogP contribution in [0.15, 0.2) is 42.5 Å². The van der Waals surface area contributed by atoms with E-state index in [2.05, 4.69) is 43.0 Å². The van der Waals surface area contributed by atoms with Crippen molar-refractivity contribution >= 4 is 23.2 Å². The van der Waals surface area contributed by atoms with Crippen LogP contribution in [-0.2, 0) is 16.0 Å². The molecule has 2 heterocycles. The van der Waals surface area contributed by atoms with E-state index in [4.69, 9.17) is 4.74 Å². The number of esters is 1. The molecule has 1 aromatic heterocycles. The number of hydrogen-bond acceptors (Lipinski definition) is 5. The van der Waals surface area contributed by atoms with E-state index >= 15 is 0 Å². The summed E-state index contributed by atoms with van der Waals surface area (Å²) in [6, 6.07) is 14.1.